The van der Waals surface area contributed by atoms with Crippen LogP contribution in [0.25, 0.3) is 16.9 Å². The molecule has 33 heavy (non-hydrogen) atoms. The Labute approximate surface area is 193 Å². The smallest absolute Gasteiger partial charge is 0.225 e. The second-order valence-electron chi connectivity index (χ2n) is 7.69. The number of hydrogen-bond donors (Lipinski definition) is 2. The van der Waals surface area contributed by atoms with E-state index in [2.05, 4.69) is 10.6 Å². The predicted molar refractivity (Wildman–Crippen MR) is 130 cm³/mol. The number of nitrogens with one attached hydrogen (secondary N) is 2. The summed E-state index contributed by atoms with van der Waals surface area (Å²) in [5.74, 6) is 0.383. The molecule has 0 saturated heterocycles. The Morgan fingerprint density at radius 3 is 2.06 bits per heavy atom. The summed E-state index contributed by atoms with van der Waals surface area (Å²) in [6, 6.07) is 31.1. The first-order valence-electron chi connectivity index (χ1n) is 11.0. The molecule has 0 saturated carbocycles. The summed E-state index contributed by atoms with van der Waals surface area (Å²) in [6.07, 6.45) is 1.02. The Morgan fingerprint density at radius 2 is 1.36 bits per heavy atom. The Hall–Kier alpha value is -4.19. The molecule has 4 rings (SSSR count). The maximum Gasteiger partial charge on any atom is 0.225 e. The third kappa shape index (κ3) is 6.17. The van der Waals surface area contributed by atoms with Crippen molar-refractivity contribution in [3.05, 3.63) is 103 Å². The highest BCUT2D eigenvalue weighted by Crippen LogP contribution is 2.24. The van der Waals surface area contributed by atoms with E-state index in [1.54, 1.807) is 4.68 Å². The van der Waals surface area contributed by atoms with Gasteiger partial charge >= 0.3 is 0 Å². The van der Waals surface area contributed by atoms with Crippen LogP contribution < -0.4 is 10.6 Å². The van der Waals surface area contributed by atoms with Crippen LogP contribution in [0.4, 0.5) is 5.82 Å². The number of amides is 2. The van der Waals surface area contributed by atoms with Gasteiger partial charge in [0.15, 0.2) is 0 Å². The van der Waals surface area contributed by atoms with Crippen LogP contribution in [-0.4, -0.2) is 21.6 Å². The molecular weight excluding hydrogens is 412 g/mol. The average Bonchev–Trinajstić information content (AvgIpc) is 3.28. The summed E-state index contributed by atoms with van der Waals surface area (Å²) in [4.78, 5) is 24.7. The van der Waals surface area contributed by atoms with Crippen molar-refractivity contribution in [2.24, 2.45) is 0 Å². The third-order valence-electron chi connectivity index (χ3n) is 5.19. The van der Waals surface area contributed by atoms with Gasteiger partial charge in [0.2, 0.25) is 11.8 Å². The van der Waals surface area contributed by atoms with E-state index in [4.69, 9.17) is 5.10 Å². The highest BCUT2D eigenvalue weighted by Gasteiger charge is 2.14. The minimum atomic E-state index is -0.150. The molecule has 2 amide bonds. The number of aromatic nitrogens is 2. The van der Waals surface area contributed by atoms with E-state index in [0.717, 1.165) is 22.5 Å². The normalized spacial score (nSPS) is 10.5. The Morgan fingerprint density at radius 1 is 0.758 bits per heavy atom. The summed E-state index contributed by atoms with van der Waals surface area (Å²) in [7, 11) is 0. The Balaban J connectivity index is 1.36. The molecule has 0 unspecified atom stereocenters. The van der Waals surface area contributed by atoms with Gasteiger partial charge in [-0.1, -0.05) is 78.9 Å². The molecule has 0 aliphatic carbocycles. The number of benzene rings is 3. The van der Waals surface area contributed by atoms with Gasteiger partial charge in [-0.2, -0.15) is 5.10 Å². The fourth-order valence-corrected chi connectivity index (χ4v) is 3.49. The number of hydrogen-bond acceptors (Lipinski definition) is 3. The maximum absolute atomic E-state index is 12.6. The van der Waals surface area contributed by atoms with Crippen molar-refractivity contribution in [2.45, 2.75) is 25.8 Å². The number of carbonyl (C=O) groups excluding carboxylic acids is 2. The molecule has 6 nitrogen and oxygen atoms in total. The molecular formula is C27H26N4O2. The summed E-state index contributed by atoms with van der Waals surface area (Å²) < 4.78 is 1.73. The van der Waals surface area contributed by atoms with Gasteiger partial charge in [0.25, 0.3) is 0 Å². The monoisotopic (exact) mass is 438 g/mol. The van der Waals surface area contributed by atoms with E-state index in [1.165, 1.54) is 0 Å². The van der Waals surface area contributed by atoms with E-state index in [0.29, 0.717) is 25.2 Å². The van der Waals surface area contributed by atoms with E-state index in [1.807, 2.05) is 97.1 Å². The van der Waals surface area contributed by atoms with Crippen LogP contribution in [0.15, 0.2) is 97.1 Å². The lowest BCUT2D eigenvalue weighted by Crippen LogP contribution is -2.23. The van der Waals surface area contributed by atoms with Crippen LogP contribution in [-0.2, 0) is 16.1 Å². The summed E-state index contributed by atoms with van der Waals surface area (Å²) >= 11 is 0. The average molecular weight is 439 g/mol. The minimum absolute atomic E-state index is 0.0626. The van der Waals surface area contributed by atoms with E-state index in [-0.39, 0.29) is 18.2 Å². The van der Waals surface area contributed by atoms with Crippen LogP contribution in [0.1, 0.15) is 24.8 Å². The molecule has 2 N–H and O–H groups in total. The van der Waals surface area contributed by atoms with Gasteiger partial charge < -0.3 is 10.6 Å². The fraction of sp³-hybridized carbons (Fsp3) is 0.148. The van der Waals surface area contributed by atoms with E-state index >= 15 is 0 Å². The summed E-state index contributed by atoms with van der Waals surface area (Å²) in [5, 5.41) is 10.6. The van der Waals surface area contributed by atoms with Gasteiger partial charge in [0.1, 0.15) is 5.82 Å². The molecule has 4 aromatic rings. The second-order valence-corrected chi connectivity index (χ2v) is 7.69. The quantitative estimate of drug-likeness (QED) is 0.388. The van der Waals surface area contributed by atoms with Crippen LogP contribution in [0, 0.1) is 0 Å². The molecule has 166 valence electrons. The van der Waals surface area contributed by atoms with Crippen LogP contribution >= 0.6 is 0 Å². The zero-order chi connectivity index (χ0) is 22.9. The topological polar surface area (TPSA) is 76.0 Å². The van der Waals surface area contributed by atoms with Crippen LogP contribution in [0.3, 0.4) is 0 Å². The molecule has 0 aliphatic heterocycles. The van der Waals surface area contributed by atoms with Crippen molar-refractivity contribution >= 4 is 17.6 Å². The second kappa shape index (κ2) is 10.9. The summed E-state index contributed by atoms with van der Waals surface area (Å²) in [6.45, 7) is 0.490. The first-order valence-corrected chi connectivity index (χ1v) is 11.0. The zero-order valence-electron chi connectivity index (χ0n) is 18.3. The molecule has 1 heterocycles. The lowest BCUT2D eigenvalue weighted by atomic mass is 10.1. The van der Waals surface area contributed by atoms with Crippen molar-refractivity contribution in [1.29, 1.82) is 0 Å². The van der Waals surface area contributed by atoms with Crippen LogP contribution in [0.2, 0.25) is 0 Å². The number of para-hydroxylation sites is 1. The number of anilines is 1. The molecule has 3 aromatic carbocycles. The van der Waals surface area contributed by atoms with Gasteiger partial charge in [-0.15, -0.1) is 0 Å². The van der Waals surface area contributed by atoms with Gasteiger partial charge in [-0.25, -0.2) is 4.68 Å². The lowest BCUT2D eigenvalue weighted by Gasteiger charge is -2.09. The molecule has 0 bridgehead atoms. The Kier molecular flexibility index (Phi) is 7.28. The molecule has 6 heteroatoms. The van der Waals surface area contributed by atoms with Gasteiger partial charge in [0, 0.05) is 31.0 Å². The van der Waals surface area contributed by atoms with Crippen LogP contribution in [0.5, 0.6) is 0 Å². The number of nitrogens with zero attached hydrogens (tertiary/aromatic N) is 2. The van der Waals surface area contributed by atoms with E-state index < -0.39 is 0 Å². The van der Waals surface area contributed by atoms with Crippen molar-refractivity contribution < 1.29 is 9.59 Å². The largest absolute Gasteiger partial charge is 0.352 e. The number of carbonyl (C=O) groups is 2. The standard InChI is InChI=1S/C27H26N4O2/c32-26(28-20-21-11-4-1-5-12-21)17-10-18-27(33)29-25-19-24(22-13-6-2-7-14-22)30-31(25)23-15-8-3-9-16-23/h1-9,11-16,19H,10,17-18,20H2,(H,28,32)(H,29,33). The van der Waals surface area contributed by atoms with Crippen molar-refractivity contribution in [1.82, 2.24) is 15.1 Å². The Bertz CT molecular complexity index is 1190. The van der Waals surface area contributed by atoms with Crippen molar-refractivity contribution in [3.8, 4) is 16.9 Å². The lowest BCUT2D eigenvalue weighted by molar-refractivity contribution is -0.121. The molecule has 0 atom stereocenters. The third-order valence-corrected chi connectivity index (χ3v) is 5.19. The molecule has 0 fully saturated rings. The van der Waals surface area contributed by atoms with Crippen molar-refractivity contribution in [3.63, 3.8) is 0 Å². The summed E-state index contributed by atoms with van der Waals surface area (Å²) in [5.41, 5.74) is 3.65. The fourth-order valence-electron chi connectivity index (χ4n) is 3.49. The highest BCUT2D eigenvalue weighted by atomic mass is 16.2. The first-order chi connectivity index (χ1) is 16.2. The SMILES string of the molecule is O=C(CCCC(=O)Nc1cc(-c2ccccc2)nn1-c1ccccc1)NCc1ccccc1. The number of rotatable bonds is 9. The molecule has 0 radical (unpaired) electrons. The zero-order valence-corrected chi connectivity index (χ0v) is 18.3. The van der Waals surface area contributed by atoms with Gasteiger partial charge in [0.05, 0.1) is 11.4 Å². The molecule has 0 spiro atoms. The molecule has 1 aromatic heterocycles. The predicted octanol–water partition coefficient (Wildman–Crippen LogP) is 4.96. The van der Waals surface area contributed by atoms with Gasteiger partial charge in [-0.05, 0) is 24.1 Å². The maximum atomic E-state index is 12.6. The first kappa shape index (κ1) is 22.0. The molecule has 0 aliphatic rings. The van der Waals surface area contributed by atoms with Crippen molar-refractivity contribution in [2.75, 3.05) is 5.32 Å². The van der Waals surface area contributed by atoms with Gasteiger partial charge in [-0.3, -0.25) is 9.59 Å². The highest BCUT2D eigenvalue weighted by molar-refractivity contribution is 5.91. The minimum Gasteiger partial charge on any atom is -0.352 e. The van der Waals surface area contributed by atoms with E-state index in [9.17, 15) is 9.59 Å².